The Bertz CT molecular complexity index is 409. The van der Waals surface area contributed by atoms with Crippen molar-refractivity contribution in [2.24, 2.45) is 5.73 Å². The van der Waals surface area contributed by atoms with Crippen LogP contribution >= 0.6 is 0 Å². The first-order chi connectivity index (χ1) is 7.69. The fourth-order valence-electron chi connectivity index (χ4n) is 1.07. The molecule has 0 saturated heterocycles. The van der Waals surface area contributed by atoms with Crippen molar-refractivity contribution in [2.45, 2.75) is 6.42 Å². The van der Waals surface area contributed by atoms with E-state index in [-0.39, 0.29) is 12.2 Å². The molecule has 0 aliphatic heterocycles. The Balaban J connectivity index is 2.78. The van der Waals surface area contributed by atoms with Gasteiger partial charge in [-0.25, -0.2) is 4.98 Å². The van der Waals surface area contributed by atoms with Crippen molar-refractivity contribution < 1.29 is 9.59 Å². The molecule has 3 N–H and O–H groups in total. The van der Waals surface area contributed by atoms with Crippen LogP contribution in [0.3, 0.4) is 0 Å². The van der Waals surface area contributed by atoms with E-state index in [2.05, 4.69) is 9.97 Å². The Morgan fingerprint density at radius 2 is 2.38 bits per heavy atom. The first kappa shape index (κ1) is 12.1. The average Bonchev–Trinajstić information content (AvgIpc) is 2.30. The molecule has 1 rings (SSSR count). The van der Waals surface area contributed by atoms with Crippen molar-refractivity contribution in [3.63, 3.8) is 0 Å². The predicted octanol–water partition coefficient (Wildman–Crippen LogP) is -1.28. The molecule has 0 aromatic carbocycles. The molecule has 0 aliphatic carbocycles. The first-order valence-electron chi connectivity index (χ1n) is 4.70. The minimum Gasteiger partial charge on any atom is -0.330 e. The Hall–Kier alpha value is -2.02. The number of aromatic nitrogens is 2. The number of aromatic amines is 1. The van der Waals surface area contributed by atoms with Gasteiger partial charge in [0.05, 0.1) is 6.20 Å². The summed E-state index contributed by atoms with van der Waals surface area (Å²) in [6, 6.07) is 0. The molecule has 1 aromatic rings. The summed E-state index contributed by atoms with van der Waals surface area (Å²) in [6.07, 6.45) is 3.10. The number of hydrogen-bond acceptors (Lipinski definition) is 5. The van der Waals surface area contributed by atoms with Crippen molar-refractivity contribution in [1.82, 2.24) is 14.9 Å². The van der Waals surface area contributed by atoms with E-state index < -0.39 is 11.5 Å². The third-order valence-corrected chi connectivity index (χ3v) is 1.88. The van der Waals surface area contributed by atoms with Gasteiger partial charge in [-0.05, 0) is 13.0 Å². The number of rotatable bonds is 5. The molecule has 86 valence electrons. The molecule has 0 radical (unpaired) electrons. The van der Waals surface area contributed by atoms with Gasteiger partial charge in [0.2, 0.25) is 6.41 Å². The molecule has 7 nitrogen and oxygen atoms in total. The number of nitrogens with one attached hydrogen (secondary N) is 1. The lowest BCUT2D eigenvalue weighted by atomic mass is 10.3. The quantitative estimate of drug-likeness (QED) is 0.605. The van der Waals surface area contributed by atoms with E-state index >= 15 is 0 Å². The van der Waals surface area contributed by atoms with Gasteiger partial charge in [-0.1, -0.05) is 0 Å². The second-order valence-electron chi connectivity index (χ2n) is 3.04. The molecule has 16 heavy (non-hydrogen) atoms. The second-order valence-corrected chi connectivity index (χ2v) is 3.04. The standard InChI is InChI=1S/C9H12N4O3/c10-2-1-3-13(6-14)9(16)7-4-12-8(15)5-11-7/h4-6H,1-3,10H2,(H,12,15). The summed E-state index contributed by atoms with van der Waals surface area (Å²) in [6.45, 7) is 0.621. The molecule has 1 heterocycles. The van der Waals surface area contributed by atoms with E-state index in [1.54, 1.807) is 0 Å². The van der Waals surface area contributed by atoms with Gasteiger partial charge in [-0.3, -0.25) is 19.3 Å². The van der Waals surface area contributed by atoms with Gasteiger partial charge in [-0.15, -0.1) is 0 Å². The number of nitrogens with two attached hydrogens (primary N) is 1. The third kappa shape index (κ3) is 2.99. The number of nitrogens with zero attached hydrogens (tertiary/aromatic N) is 2. The lowest BCUT2D eigenvalue weighted by molar-refractivity contribution is -0.116. The highest BCUT2D eigenvalue weighted by molar-refractivity contribution is 5.98. The van der Waals surface area contributed by atoms with Crippen LogP contribution in [0.25, 0.3) is 0 Å². The number of H-pyrrole nitrogens is 1. The minimum atomic E-state index is -0.556. The molecule has 0 bridgehead atoms. The molecule has 0 unspecified atom stereocenters. The van der Waals surface area contributed by atoms with Crippen LogP contribution in [0.1, 0.15) is 16.9 Å². The predicted molar refractivity (Wildman–Crippen MR) is 55.6 cm³/mol. The summed E-state index contributed by atoms with van der Waals surface area (Å²) in [5, 5.41) is 0. The highest BCUT2D eigenvalue weighted by Gasteiger charge is 2.15. The molecular weight excluding hydrogens is 212 g/mol. The second kappa shape index (κ2) is 5.76. The largest absolute Gasteiger partial charge is 0.330 e. The van der Waals surface area contributed by atoms with Crippen LogP contribution in [0.5, 0.6) is 0 Å². The van der Waals surface area contributed by atoms with Crippen molar-refractivity contribution in [3.8, 4) is 0 Å². The first-order valence-corrected chi connectivity index (χ1v) is 4.70. The Kier molecular flexibility index (Phi) is 4.34. The van der Waals surface area contributed by atoms with Crippen LogP contribution in [0, 0.1) is 0 Å². The van der Waals surface area contributed by atoms with Gasteiger partial charge in [0.1, 0.15) is 5.69 Å². The van der Waals surface area contributed by atoms with Gasteiger partial charge in [0.25, 0.3) is 11.5 Å². The van der Waals surface area contributed by atoms with E-state index in [9.17, 15) is 14.4 Å². The number of hydrogen-bond donors (Lipinski definition) is 2. The summed E-state index contributed by atoms with van der Waals surface area (Å²) in [7, 11) is 0. The highest BCUT2D eigenvalue weighted by atomic mass is 16.2. The maximum atomic E-state index is 11.7. The maximum Gasteiger partial charge on any atom is 0.280 e. The van der Waals surface area contributed by atoms with Crippen LogP contribution in [0.2, 0.25) is 0 Å². The van der Waals surface area contributed by atoms with Gasteiger partial charge in [0, 0.05) is 12.7 Å². The van der Waals surface area contributed by atoms with Crippen LogP contribution in [0.15, 0.2) is 17.2 Å². The van der Waals surface area contributed by atoms with Gasteiger partial charge in [-0.2, -0.15) is 0 Å². The number of carbonyl (C=O) groups is 2. The number of amides is 2. The fraction of sp³-hybridized carbons (Fsp3) is 0.333. The lowest BCUT2D eigenvalue weighted by Gasteiger charge is -2.13. The Labute approximate surface area is 91.3 Å². The van der Waals surface area contributed by atoms with E-state index in [0.717, 1.165) is 11.1 Å². The zero-order valence-electron chi connectivity index (χ0n) is 8.55. The minimum absolute atomic E-state index is 0.0173. The van der Waals surface area contributed by atoms with Crippen molar-refractivity contribution >= 4 is 12.3 Å². The molecule has 2 amide bonds. The molecule has 7 heteroatoms. The molecule has 1 aromatic heterocycles. The van der Waals surface area contributed by atoms with E-state index in [0.29, 0.717) is 19.4 Å². The van der Waals surface area contributed by atoms with E-state index in [4.69, 9.17) is 5.73 Å². The third-order valence-electron chi connectivity index (χ3n) is 1.88. The van der Waals surface area contributed by atoms with Crippen LogP contribution in [-0.2, 0) is 4.79 Å². The van der Waals surface area contributed by atoms with Crippen LogP contribution in [-0.4, -0.2) is 40.3 Å². The zero-order chi connectivity index (χ0) is 12.0. The molecule has 0 aliphatic rings. The Morgan fingerprint density at radius 1 is 1.62 bits per heavy atom. The van der Waals surface area contributed by atoms with Crippen LogP contribution in [0.4, 0.5) is 0 Å². The summed E-state index contributed by atoms with van der Waals surface area (Å²) in [4.78, 5) is 40.0. The number of carbonyl (C=O) groups excluding carboxylic acids is 2. The van der Waals surface area contributed by atoms with Crippen molar-refractivity contribution in [3.05, 3.63) is 28.4 Å². The van der Waals surface area contributed by atoms with E-state index in [1.807, 2.05) is 0 Å². The fourth-order valence-corrected chi connectivity index (χ4v) is 1.07. The average molecular weight is 224 g/mol. The van der Waals surface area contributed by atoms with E-state index in [1.165, 1.54) is 6.20 Å². The molecular formula is C9H12N4O3. The van der Waals surface area contributed by atoms with Gasteiger partial charge >= 0.3 is 0 Å². The highest BCUT2D eigenvalue weighted by Crippen LogP contribution is 1.97. The van der Waals surface area contributed by atoms with Crippen molar-refractivity contribution in [1.29, 1.82) is 0 Å². The monoisotopic (exact) mass is 224 g/mol. The SMILES string of the molecule is NCCCN(C=O)C(=O)c1c[nH]c(=O)cn1. The van der Waals surface area contributed by atoms with Gasteiger partial charge < -0.3 is 10.7 Å². The number of imide groups is 1. The molecule has 0 spiro atoms. The zero-order valence-corrected chi connectivity index (χ0v) is 8.55. The smallest absolute Gasteiger partial charge is 0.280 e. The summed E-state index contributed by atoms with van der Waals surface area (Å²) < 4.78 is 0. The lowest BCUT2D eigenvalue weighted by Crippen LogP contribution is -2.32. The Morgan fingerprint density at radius 3 is 2.88 bits per heavy atom. The van der Waals surface area contributed by atoms with Gasteiger partial charge in [0.15, 0.2) is 0 Å². The van der Waals surface area contributed by atoms with Crippen LogP contribution < -0.4 is 11.3 Å². The summed E-state index contributed by atoms with van der Waals surface area (Å²) in [5.41, 5.74) is 4.88. The molecule has 0 saturated carbocycles. The summed E-state index contributed by atoms with van der Waals surface area (Å²) >= 11 is 0. The molecule has 0 fully saturated rings. The topological polar surface area (TPSA) is 109 Å². The summed E-state index contributed by atoms with van der Waals surface area (Å²) in [5.74, 6) is -0.556. The molecule has 0 atom stereocenters. The van der Waals surface area contributed by atoms with Crippen molar-refractivity contribution in [2.75, 3.05) is 13.1 Å². The maximum absolute atomic E-state index is 11.7. The normalized spacial score (nSPS) is 9.81.